The van der Waals surface area contributed by atoms with E-state index in [0.29, 0.717) is 24.1 Å². The van der Waals surface area contributed by atoms with E-state index in [4.69, 9.17) is 5.73 Å². The van der Waals surface area contributed by atoms with Gasteiger partial charge in [-0.05, 0) is 55.2 Å². The summed E-state index contributed by atoms with van der Waals surface area (Å²) in [5, 5.41) is 12.1. The van der Waals surface area contributed by atoms with Gasteiger partial charge in [0.25, 0.3) is 11.5 Å². The number of carbonyl (C=O) groups is 1. The number of hydrogen-bond acceptors (Lipinski definition) is 6. The molecule has 0 spiro atoms. The molecule has 3 heterocycles. The largest absolute Gasteiger partial charge is 0.378 e. The Morgan fingerprint density at radius 2 is 1.97 bits per heavy atom. The second-order valence-corrected chi connectivity index (χ2v) is 9.25. The Morgan fingerprint density at radius 3 is 2.55 bits per heavy atom. The lowest BCUT2D eigenvalue weighted by Crippen LogP contribution is -2.31. The Morgan fingerprint density at radius 1 is 1.21 bits per heavy atom. The molecule has 0 unspecified atom stereocenters. The van der Waals surface area contributed by atoms with Crippen molar-refractivity contribution in [2.75, 3.05) is 5.32 Å². The minimum atomic E-state index is -0.513. The van der Waals surface area contributed by atoms with E-state index in [0.717, 1.165) is 42.5 Å². The van der Waals surface area contributed by atoms with Crippen LogP contribution in [0.2, 0.25) is 0 Å². The molecule has 0 radical (unpaired) electrons. The number of hydrogen-bond donors (Lipinski definition) is 2. The van der Waals surface area contributed by atoms with Crippen LogP contribution in [0.1, 0.15) is 61.5 Å². The van der Waals surface area contributed by atoms with Gasteiger partial charge in [0.05, 0.1) is 6.20 Å². The molecule has 9 nitrogen and oxygen atoms in total. The van der Waals surface area contributed by atoms with Crippen LogP contribution in [0.15, 0.2) is 41.6 Å². The average molecular weight is 450 g/mol. The maximum Gasteiger partial charge on any atom is 0.273 e. The zero-order chi connectivity index (χ0) is 23.5. The molecule has 4 rings (SSSR count). The summed E-state index contributed by atoms with van der Waals surface area (Å²) in [6.45, 7) is 4.84. The van der Waals surface area contributed by atoms with Crippen LogP contribution in [0.25, 0.3) is 11.3 Å². The molecule has 3 N–H and O–H groups in total. The highest BCUT2D eigenvalue weighted by Crippen LogP contribution is 2.33. The molecule has 1 aliphatic carbocycles. The Hall–Kier alpha value is -3.49. The van der Waals surface area contributed by atoms with Gasteiger partial charge in [-0.15, -0.1) is 0 Å². The Balaban J connectivity index is 1.49. The van der Waals surface area contributed by atoms with Crippen molar-refractivity contribution in [3.8, 4) is 11.3 Å². The first-order valence-corrected chi connectivity index (χ1v) is 11.4. The number of anilines is 1. The van der Waals surface area contributed by atoms with Crippen molar-refractivity contribution in [2.24, 2.45) is 18.7 Å². The number of nitrogens with one attached hydrogen (secondary N) is 1. The fraction of sp³-hybridized carbons (Fsp3) is 0.458. The number of aryl methyl sites for hydroxylation is 1. The van der Waals surface area contributed by atoms with Gasteiger partial charge < -0.3 is 15.6 Å². The first-order valence-electron chi connectivity index (χ1n) is 11.4. The lowest BCUT2D eigenvalue weighted by Gasteiger charge is -2.30. The van der Waals surface area contributed by atoms with Gasteiger partial charge in [0.2, 0.25) is 0 Å². The van der Waals surface area contributed by atoms with Gasteiger partial charge in [0.1, 0.15) is 17.1 Å². The zero-order valence-corrected chi connectivity index (χ0v) is 19.4. The third kappa shape index (κ3) is 5.30. The van der Waals surface area contributed by atoms with Crippen molar-refractivity contribution in [3.05, 3.63) is 58.4 Å². The van der Waals surface area contributed by atoms with Gasteiger partial charge >= 0.3 is 0 Å². The Kier molecular flexibility index (Phi) is 6.57. The van der Waals surface area contributed by atoms with Gasteiger partial charge in [0, 0.05) is 37.6 Å². The van der Waals surface area contributed by atoms with Crippen molar-refractivity contribution < 1.29 is 4.79 Å². The number of aromatic nitrogens is 5. The van der Waals surface area contributed by atoms with E-state index in [9.17, 15) is 9.59 Å². The van der Waals surface area contributed by atoms with E-state index < -0.39 is 5.91 Å². The SMILES string of the molecule is CC(C)Cn1cc(-c2cnn(C)n2)cc(N[C@H]2CC[C@@H](c3ccc(C(N)=O)nc3)CC2)c1=O. The highest BCUT2D eigenvalue weighted by molar-refractivity contribution is 5.90. The summed E-state index contributed by atoms with van der Waals surface area (Å²) in [5.41, 5.74) is 8.92. The second-order valence-electron chi connectivity index (χ2n) is 9.25. The molecule has 9 heteroatoms. The van der Waals surface area contributed by atoms with Crippen molar-refractivity contribution in [1.29, 1.82) is 0 Å². The van der Waals surface area contributed by atoms with Crippen LogP contribution in [-0.2, 0) is 13.6 Å². The first-order chi connectivity index (χ1) is 15.8. The minimum Gasteiger partial charge on any atom is -0.378 e. The lowest BCUT2D eigenvalue weighted by atomic mass is 9.82. The number of pyridine rings is 2. The summed E-state index contributed by atoms with van der Waals surface area (Å²) in [6.07, 6.45) is 9.21. The summed E-state index contributed by atoms with van der Waals surface area (Å²) < 4.78 is 1.77. The topological polar surface area (TPSA) is 121 Å². The summed E-state index contributed by atoms with van der Waals surface area (Å²) >= 11 is 0. The summed E-state index contributed by atoms with van der Waals surface area (Å²) in [6, 6.07) is 5.75. The van der Waals surface area contributed by atoms with Gasteiger partial charge in [-0.1, -0.05) is 19.9 Å². The number of nitrogens with two attached hydrogens (primary N) is 1. The molecule has 33 heavy (non-hydrogen) atoms. The first kappa shape index (κ1) is 22.7. The van der Waals surface area contributed by atoms with E-state index in [1.54, 1.807) is 30.1 Å². The average Bonchev–Trinajstić information content (AvgIpc) is 3.23. The Bertz CT molecular complexity index is 1170. The van der Waals surface area contributed by atoms with E-state index in [1.807, 2.05) is 18.3 Å². The third-order valence-electron chi connectivity index (χ3n) is 6.14. The molecule has 1 fully saturated rings. The molecule has 1 amide bonds. The zero-order valence-electron chi connectivity index (χ0n) is 19.4. The van der Waals surface area contributed by atoms with Crippen LogP contribution in [0.5, 0.6) is 0 Å². The molecule has 0 aromatic carbocycles. The summed E-state index contributed by atoms with van der Waals surface area (Å²) in [7, 11) is 1.78. The monoisotopic (exact) mass is 449 g/mol. The summed E-state index contributed by atoms with van der Waals surface area (Å²) in [5.74, 6) is 0.222. The second kappa shape index (κ2) is 9.56. The molecular weight excluding hydrogens is 418 g/mol. The standard InChI is InChI=1S/C24H31N7O2/c1-15(2)13-31-14-18(22-12-27-30(3)29-22)10-21(24(31)33)28-19-7-4-16(5-8-19)17-6-9-20(23(25)32)26-11-17/h6,9-12,14-16,19,28H,4-5,7-8,13H2,1-3H3,(H2,25,32)/t16-,19+. The molecule has 174 valence electrons. The smallest absolute Gasteiger partial charge is 0.273 e. The number of carbonyl (C=O) groups excluding carboxylic acids is 1. The van der Waals surface area contributed by atoms with Gasteiger partial charge in [-0.2, -0.15) is 15.0 Å². The molecule has 3 aromatic rings. The van der Waals surface area contributed by atoms with Gasteiger partial charge in [0.15, 0.2) is 0 Å². The van der Waals surface area contributed by atoms with Gasteiger partial charge in [-0.25, -0.2) is 0 Å². The van der Waals surface area contributed by atoms with Crippen LogP contribution in [0, 0.1) is 5.92 Å². The van der Waals surface area contributed by atoms with Crippen LogP contribution < -0.4 is 16.6 Å². The molecule has 0 atom stereocenters. The molecular formula is C24H31N7O2. The number of rotatable bonds is 7. The number of amides is 1. The summed E-state index contributed by atoms with van der Waals surface area (Å²) in [4.78, 5) is 30.1. The van der Waals surface area contributed by atoms with Crippen molar-refractivity contribution in [3.63, 3.8) is 0 Å². The molecule has 0 saturated heterocycles. The van der Waals surface area contributed by atoms with Crippen molar-refractivity contribution in [2.45, 2.75) is 58.0 Å². The molecule has 1 saturated carbocycles. The highest BCUT2D eigenvalue weighted by atomic mass is 16.1. The van der Waals surface area contributed by atoms with E-state index in [-0.39, 0.29) is 17.3 Å². The molecule has 3 aromatic heterocycles. The minimum absolute atomic E-state index is 0.00953. The lowest BCUT2D eigenvalue weighted by molar-refractivity contribution is 0.0995. The maximum atomic E-state index is 13.2. The van der Waals surface area contributed by atoms with Crippen LogP contribution >= 0.6 is 0 Å². The van der Waals surface area contributed by atoms with Gasteiger partial charge in [-0.3, -0.25) is 14.6 Å². The van der Waals surface area contributed by atoms with Crippen LogP contribution in [-0.4, -0.2) is 36.5 Å². The van der Waals surface area contributed by atoms with E-state index in [2.05, 4.69) is 34.3 Å². The fourth-order valence-electron chi connectivity index (χ4n) is 4.47. The number of nitrogens with zero attached hydrogens (tertiary/aromatic N) is 5. The predicted octanol–water partition coefficient (Wildman–Crippen LogP) is 2.93. The van der Waals surface area contributed by atoms with Crippen molar-refractivity contribution >= 4 is 11.6 Å². The Labute approximate surface area is 193 Å². The quantitative estimate of drug-likeness (QED) is 0.572. The predicted molar refractivity (Wildman–Crippen MR) is 127 cm³/mol. The third-order valence-corrected chi connectivity index (χ3v) is 6.14. The maximum absolute atomic E-state index is 13.2. The number of primary amides is 1. The normalized spacial score (nSPS) is 18.4. The fourth-order valence-corrected chi connectivity index (χ4v) is 4.47. The van der Waals surface area contributed by atoms with Crippen LogP contribution in [0.4, 0.5) is 5.69 Å². The molecule has 0 bridgehead atoms. The van der Waals surface area contributed by atoms with E-state index >= 15 is 0 Å². The van der Waals surface area contributed by atoms with E-state index in [1.165, 1.54) is 4.80 Å². The van der Waals surface area contributed by atoms with Crippen LogP contribution in [0.3, 0.4) is 0 Å². The highest BCUT2D eigenvalue weighted by Gasteiger charge is 2.24. The molecule has 1 aliphatic rings. The van der Waals surface area contributed by atoms with Crippen molar-refractivity contribution in [1.82, 2.24) is 24.5 Å². The molecule has 0 aliphatic heterocycles.